The average Bonchev–Trinajstić information content (AvgIpc) is 3.31. The lowest BCUT2D eigenvalue weighted by Crippen LogP contribution is -2.30. The SMILES string of the molecule is CC/C=C\C/C=C\C/C=C\C/C=C\CCCCCCCCC(=O)OCC(COC(=O)CCCCCCC/C=C\CCCC)OC(=O)CCCCCCC\C=C/C=C\C=C/CCCCCCC. The van der Waals surface area contributed by atoms with Gasteiger partial charge in [-0.3, -0.25) is 14.4 Å². The lowest BCUT2D eigenvalue weighted by molar-refractivity contribution is -0.167. The van der Waals surface area contributed by atoms with Gasteiger partial charge in [-0.2, -0.15) is 0 Å². The fourth-order valence-corrected chi connectivity index (χ4v) is 7.24. The predicted octanol–water partition coefficient (Wildman–Crippen LogP) is 18.1. The Morgan fingerprint density at radius 2 is 0.667 bits per heavy atom. The molecule has 0 amide bonds. The second kappa shape index (κ2) is 53.9. The van der Waals surface area contributed by atoms with Gasteiger partial charge >= 0.3 is 17.9 Å². The summed E-state index contributed by atoms with van der Waals surface area (Å²) < 4.78 is 16.8. The quantitative estimate of drug-likeness (QED) is 0.0199. The highest BCUT2D eigenvalue weighted by Crippen LogP contribution is 2.14. The monoisotopic (exact) mass is 917 g/mol. The summed E-state index contributed by atoms with van der Waals surface area (Å²) in [5.74, 6) is -0.940. The summed E-state index contributed by atoms with van der Waals surface area (Å²) in [5.41, 5.74) is 0. The zero-order valence-corrected chi connectivity index (χ0v) is 42.9. The van der Waals surface area contributed by atoms with Gasteiger partial charge in [0.15, 0.2) is 6.10 Å². The maximum absolute atomic E-state index is 12.8. The van der Waals surface area contributed by atoms with E-state index in [0.717, 1.165) is 135 Å². The predicted molar refractivity (Wildman–Crippen MR) is 284 cm³/mol. The number of allylic oxidation sites excluding steroid dienone is 16. The summed E-state index contributed by atoms with van der Waals surface area (Å²) in [4.78, 5) is 38.0. The Kier molecular flexibility index (Phi) is 50.9. The van der Waals surface area contributed by atoms with Gasteiger partial charge < -0.3 is 14.2 Å². The molecule has 0 N–H and O–H groups in total. The first-order valence-electron chi connectivity index (χ1n) is 27.3. The summed E-state index contributed by atoms with van der Waals surface area (Å²) in [5, 5.41) is 0. The summed E-state index contributed by atoms with van der Waals surface area (Å²) in [6.45, 7) is 6.43. The number of carbonyl (C=O) groups excluding carboxylic acids is 3. The van der Waals surface area contributed by atoms with Gasteiger partial charge in [-0.1, -0.05) is 221 Å². The molecule has 0 saturated carbocycles. The van der Waals surface area contributed by atoms with Gasteiger partial charge in [-0.15, -0.1) is 0 Å². The molecule has 6 heteroatoms. The number of ether oxygens (including phenoxy) is 3. The molecule has 0 aromatic carbocycles. The Balaban J connectivity index is 4.44. The first-order chi connectivity index (χ1) is 32.5. The van der Waals surface area contributed by atoms with Gasteiger partial charge in [0, 0.05) is 19.3 Å². The van der Waals surface area contributed by atoms with Gasteiger partial charge in [0.1, 0.15) is 13.2 Å². The van der Waals surface area contributed by atoms with E-state index >= 15 is 0 Å². The molecule has 0 fully saturated rings. The molecule has 0 spiro atoms. The lowest BCUT2D eigenvalue weighted by atomic mass is 10.1. The Bertz CT molecular complexity index is 1330. The molecule has 0 bridgehead atoms. The Morgan fingerprint density at radius 1 is 0.333 bits per heavy atom. The largest absolute Gasteiger partial charge is 0.462 e. The van der Waals surface area contributed by atoms with Crippen LogP contribution in [0.4, 0.5) is 0 Å². The number of rotatable bonds is 48. The molecule has 66 heavy (non-hydrogen) atoms. The van der Waals surface area contributed by atoms with Crippen molar-refractivity contribution in [2.75, 3.05) is 13.2 Å². The van der Waals surface area contributed by atoms with Gasteiger partial charge in [0.05, 0.1) is 0 Å². The van der Waals surface area contributed by atoms with Gasteiger partial charge in [0.2, 0.25) is 0 Å². The van der Waals surface area contributed by atoms with E-state index in [4.69, 9.17) is 14.2 Å². The number of hydrogen-bond acceptors (Lipinski definition) is 6. The van der Waals surface area contributed by atoms with Crippen LogP contribution in [0.3, 0.4) is 0 Å². The van der Waals surface area contributed by atoms with Crippen LogP contribution in [0.1, 0.15) is 245 Å². The van der Waals surface area contributed by atoms with Crippen molar-refractivity contribution in [2.24, 2.45) is 0 Å². The summed E-state index contributed by atoms with van der Waals surface area (Å²) in [6.07, 6.45) is 71.0. The smallest absolute Gasteiger partial charge is 0.306 e. The normalized spacial score (nSPS) is 12.8. The van der Waals surface area contributed by atoms with E-state index in [1.807, 2.05) is 0 Å². The van der Waals surface area contributed by atoms with Crippen LogP contribution in [0.25, 0.3) is 0 Å². The molecule has 376 valence electrons. The molecule has 0 radical (unpaired) electrons. The molecule has 0 aromatic rings. The van der Waals surface area contributed by atoms with Crippen LogP contribution in [0.15, 0.2) is 97.2 Å². The molecule has 1 unspecified atom stereocenters. The molecule has 0 aliphatic rings. The van der Waals surface area contributed by atoms with Crippen LogP contribution >= 0.6 is 0 Å². The van der Waals surface area contributed by atoms with Crippen molar-refractivity contribution in [3.05, 3.63) is 97.2 Å². The number of esters is 3. The maximum atomic E-state index is 12.8. The average molecular weight is 917 g/mol. The van der Waals surface area contributed by atoms with E-state index < -0.39 is 6.10 Å². The van der Waals surface area contributed by atoms with Crippen LogP contribution < -0.4 is 0 Å². The Labute approximate surface area is 407 Å². The minimum Gasteiger partial charge on any atom is -0.462 e. The molecule has 0 heterocycles. The van der Waals surface area contributed by atoms with Crippen LogP contribution in [0.5, 0.6) is 0 Å². The maximum Gasteiger partial charge on any atom is 0.306 e. The van der Waals surface area contributed by atoms with Gasteiger partial charge in [0.25, 0.3) is 0 Å². The number of carbonyl (C=O) groups is 3. The second-order valence-electron chi connectivity index (χ2n) is 17.8. The van der Waals surface area contributed by atoms with E-state index in [9.17, 15) is 14.4 Å². The topological polar surface area (TPSA) is 78.9 Å². The van der Waals surface area contributed by atoms with E-state index in [-0.39, 0.29) is 31.1 Å². The highest BCUT2D eigenvalue weighted by atomic mass is 16.6. The minimum atomic E-state index is -0.798. The van der Waals surface area contributed by atoms with Crippen molar-refractivity contribution in [3.63, 3.8) is 0 Å². The van der Waals surface area contributed by atoms with Crippen molar-refractivity contribution >= 4 is 17.9 Å². The molecular formula is C60H100O6. The Morgan fingerprint density at radius 3 is 1.11 bits per heavy atom. The molecule has 0 aromatic heterocycles. The first kappa shape index (κ1) is 62.3. The molecular weight excluding hydrogens is 817 g/mol. The van der Waals surface area contributed by atoms with Crippen LogP contribution in [-0.4, -0.2) is 37.2 Å². The minimum absolute atomic E-state index is 0.0960. The van der Waals surface area contributed by atoms with Crippen molar-refractivity contribution in [2.45, 2.75) is 252 Å². The third kappa shape index (κ3) is 51.3. The van der Waals surface area contributed by atoms with Crippen LogP contribution in [-0.2, 0) is 28.6 Å². The van der Waals surface area contributed by atoms with Crippen molar-refractivity contribution in [3.8, 4) is 0 Å². The van der Waals surface area contributed by atoms with Crippen LogP contribution in [0, 0.1) is 0 Å². The third-order valence-corrected chi connectivity index (χ3v) is 11.4. The fraction of sp³-hybridized carbons (Fsp3) is 0.683. The summed E-state index contributed by atoms with van der Waals surface area (Å²) in [6, 6.07) is 0. The number of unbranched alkanes of at least 4 members (excludes halogenated alkanes) is 23. The second-order valence-corrected chi connectivity index (χ2v) is 17.8. The number of hydrogen-bond donors (Lipinski definition) is 0. The van der Waals surface area contributed by atoms with E-state index in [1.165, 1.54) is 70.6 Å². The van der Waals surface area contributed by atoms with E-state index in [1.54, 1.807) is 0 Å². The van der Waals surface area contributed by atoms with Crippen molar-refractivity contribution in [1.29, 1.82) is 0 Å². The van der Waals surface area contributed by atoms with Gasteiger partial charge in [-0.05, 0) is 103 Å². The van der Waals surface area contributed by atoms with E-state index in [0.29, 0.717) is 19.3 Å². The summed E-state index contributed by atoms with van der Waals surface area (Å²) >= 11 is 0. The molecule has 0 saturated heterocycles. The highest BCUT2D eigenvalue weighted by Gasteiger charge is 2.19. The summed E-state index contributed by atoms with van der Waals surface area (Å²) in [7, 11) is 0. The van der Waals surface area contributed by atoms with Gasteiger partial charge in [-0.25, -0.2) is 0 Å². The highest BCUT2D eigenvalue weighted by molar-refractivity contribution is 5.71. The first-order valence-corrected chi connectivity index (χ1v) is 27.3. The van der Waals surface area contributed by atoms with Crippen LogP contribution in [0.2, 0.25) is 0 Å². The zero-order chi connectivity index (χ0) is 47.9. The standard InChI is InChI=1S/C60H100O6/c1-4-7-10-13-16-19-22-24-26-28-30-32-33-35-38-41-44-47-50-53-59(62)65-56-57(55-64-58(61)52-49-46-43-40-37-21-18-15-12-9-6-3)66-60(63)54-51-48-45-42-39-36-34-31-29-27-25-23-20-17-14-11-8-5-2/h7,10,15-16,18-19,23-27,29-32,34,57H,4-6,8-9,11-14,17,20-22,28,33,35-56H2,1-3H3/b10-7-,18-15-,19-16-,25-23-,26-24-,29-27-,32-30-,34-31-. The molecule has 1 atom stereocenters. The molecule has 0 aliphatic heterocycles. The zero-order valence-electron chi connectivity index (χ0n) is 42.9. The molecule has 0 rings (SSSR count). The van der Waals surface area contributed by atoms with Crippen molar-refractivity contribution < 1.29 is 28.6 Å². The Hall–Kier alpha value is -3.67. The third-order valence-electron chi connectivity index (χ3n) is 11.4. The van der Waals surface area contributed by atoms with Crippen molar-refractivity contribution in [1.82, 2.24) is 0 Å². The lowest BCUT2D eigenvalue weighted by Gasteiger charge is -2.18. The molecule has 6 nitrogen and oxygen atoms in total. The van der Waals surface area contributed by atoms with E-state index in [2.05, 4.69) is 118 Å². The fourth-order valence-electron chi connectivity index (χ4n) is 7.24. The molecule has 0 aliphatic carbocycles.